The number of esters is 1. The van der Waals surface area contributed by atoms with E-state index in [1.54, 1.807) is 30.4 Å². The number of carbonyl (C=O) groups excluding carboxylic acids is 1. The number of phenols is 1. The topological polar surface area (TPSA) is 46.5 Å². The molecule has 0 atom stereocenters. The Morgan fingerprint density at radius 2 is 2.14 bits per heavy atom. The van der Waals surface area contributed by atoms with Crippen LogP contribution in [0.25, 0.3) is 6.08 Å². The summed E-state index contributed by atoms with van der Waals surface area (Å²) in [5.41, 5.74) is 0.791. The second-order valence-electron chi connectivity index (χ2n) is 2.90. The number of allylic oxidation sites excluding steroid dienone is 1. The van der Waals surface area contributed by atoms with E-state index >= 15 is 0 Å². The van der Waals surface area contributed by atoms with Crippen molar-refractivity contribution in [1.29, 1.82) is 0 Å². The molecule has 0 saturated carbocycles. The second-order valence-corrected chi connectivity index (χ2v) is 2.90. The van der Waals surface area contributed by atoms with Crippen molar-refractivity contribution in [3.8, 4) is 5.75 Å². The van der Waals surface area contributed by atoms with Crippen LogP contribution in [-0.2, 0) is 9.53 Å². The van der Waals surface area contributed by atoms with Gasteiger partial charge in [-0.25, -0.2) is 4.79 Å². The van der Waals surface area contributed by atoms with Gasteiger partial charge in [0.15, 0.2) is 0 Å². The Morgan fingerprint density at radius 3 is 2.79 bits per heavy atom. The minimum absolute atomic E-state index is 0.188. The molecule has 1 heterocycles. The Balaban J connectivity index is 2.26. The third-order valence-corrected chi connectivity index (χ3v) is 1.78. The van der Waals surface area contributed by atoms with Crippen LogP contribution in [0.2, 0.25) is 0 Å². The van der Waals surface area contributed by atoms with Crippen LogP contribution in [0.5, 0.6) is 5.75 Å². The minimum atomic E-state index is -0.364. The van der Waals surface area contributed by atoms with E-state index in [0.29, 0.717) is 5.76 Å². The molecule has 0 amide bonds. The number of cyclic esters (lactones) is 1. The summed E-state index contributed by atoms with van der Waals surface area (Å²) in [5, 5.41) is 9.18. The zero-order valence-electron chi connectivity index (χ0n) is 7.31. The van der Waals surface area contributed by atoms with Crippen molar-refractivity contribution in [3.63, 3.8) is 0 Å². The van der Waals surface area contributed by atoms with Crippen LogP contribution in [0.1, 0.15) is 5.56 Å². The molecule has 0 aliphatic carbocycles. The largest absolute Gasteiger partial charge is 0.508 e. The van der Waals surface area contributed by atoms with Crippen molar-refractivity contribution in [2.24, 2.45) is 0 Å². The van der Waals surface area contributed by atoms with Gasteiger partial charge in [-0.2, -0.15) is 0 Å². The normalized spacial score (nSPS) is 17.4. The fourth-order valence-corrected chi connectivity index (χ4v) is 1.19. The van der Waals surface area contributed by atoms with Crippen LogP contribution in [0.4, 0.5) is 0 Å². The van der Waals surface area contributed by atoms with Crippen molar-refractivity contribution >= 4 is 12.0 Å². The summed E-state index contributed by atoms with van der Waals surface area (Å²) in [6.45, 7) is 0. The molecule has 1 aliphatic rings. The van der Waals surface area contributed by atoms with E-state index in [1.165, 1.54) is 6.08 Å². The predicted octanol–water partition coefficient (Wildman–Crippen LogP) is 1.85. The summed E-state index contributed by atoms with van der Waals surface area (Å²) < 4.78 is 4.83. The predicted molar refractivity (Wildman–Crippen MR) is 51.3 cm³/mol. The van der Waals surface area contributed by atoms with Gasteiger partial charge in [0.1, 0.15) is 11.5 Å². The average Bonchev–Trinajstić information content (AvgIpc) is 2.51. The van der Waals surface area contributed by atoms with Crippen molar-refractivity contribution in [2.75, 3.05) is 0 Å². The molecule has 1 aliphatic heterocycles. The first-order valence-electron chi connectivity index (χ1n) is 4.15. The monoisotopic (exact) mass is 188 g/mol. The van der Waals surface area contributed by atoms with Crippen LogP contribution in [0, 0.1) is 0 Å². The molecule has 3 heteroatoms. The Hall–Kier alpha value is -2.03. The molecule has 1 aromatic carbocycles. The maximum Gasteiger partial charge on any atom is 0.336 e. The van der Waals surface area contributed by atoms with E-state index in [0.717, 1.165) is 5.56 Å². The van der Waals surface area contributed by atoms with Crippen LogP contribution in [0.3, 0.4) is 0 Å². The van der Waals surface area contributed by atoms with Crippen LogP contribution in [0.15, 0.2) is 42.2 Å². The van der Waals surface area contributed by atoms with E-state index in [1.807, 2.05) is 6.07 Å². The molecule has 0 spiro atoms. The lowest BCUT2D eigenvalue weighted by Crippen LogP contribution is -1.89. The fraction of sp³-hybridized carbons (Fsp3) is 0. The maximum absolute atomic E-state index is 10.7. The Bertz CT molecular complexity index is 430. The molecule has 0 bridgehead atoms. The van der Waals surface area contributed by atoms with Crippen molar-refractivity contribution in [1.82, 2.24) is 0 Å². The third kappa shape index (κ3) is 1.82. The number of hydrogen-bond acceptors (Lipinski definition) is 3. The number of ether oxygens (including phenoxy) is 1. The number of rotatable bonds is 1. The molecular weight excluding hydrogens is 180 g/mol. The Kier molecular flexibility index (Phi) is 2.07. The SMILES string of the molecule is O=C1C=C/C(=C/c2cccc(O)c2)O1. The molecular formula is C11H8O3. The van der Waals surface area contributed by atoms with Gasteiger partial charge >= 0.3 is 5.97 Å². The van der Waals surface area contributed by atoms with E-state index in [4.69, 9.17) is 4.74 Å². The van der Waals surface area contributed by atoms with Crippen molar-refractivity contribution < 1.29 is 14.6 Å². The summed E-state index contributed by atoms with van der Waals surface area (Å²) in [5.74, 6) is 0.310. The lowest BCUT2D eigenvalue weighted by Gasteiger charge is -1.97. The summed E-state index contributed by atoms with van der Waals surface area (Å²) >= 11 is 0. The van der Waals surface area contributed by atoms with Gasteiger partial charge < -0.3 is 9.84 Å². The molecule has 0 fully saturated rings. The zero-order valence-corrected chi connectivity index (χ0v) is 7.31. The highest BCUT2D eigenvalue weighted by molar-refractivity contribution is 5.87. The third-order valence-electron chi connectivity index (χ3n) is 1.78. The molecule has 0 unspecified atom stereocenters. The van der Waals surface area contributed by atoms with Crippen molar-refractivity contribution in [2.45, 2.75) is 0 Å². The lowest BCUT2D eigenvalue weighted by atomic mass is 10.2. The fourth-order valence-electron chi connectivity index (χ4n) is 1.19. The minimum Gasteiger partial charge on any atom is -0.508 e. The van der Waals surface area contributed by atoms with E-state index in [9.17, 15) is 9.90 Å². The summed E-state index contributed by atoms with van der Waals surface area (Å²) in [4.78, 5) is 10.7. The number of aromatic hydroxyl groups is 1. The maximum atomic E-state index is 10.7. The van der Waals surface area contributed by atoms with Gasteiger partial charge in [0.05, 0.1) is 0 Å². The molecule has 0 saturated heterocycles. The van der Waals surface area contributed by atoms with Gasteiger partial charge in [0, 0.05) is 6.08 Å². The van der Waals surface area contributed by atoms with Crippen LogP contribution in [-0.4, -0.2) is 11.1 Å². The van der Waals surface area contributed by atoms with Crippen LogP contribution >= 0.6 is 0 Å². The highest BCUT2D eigenvalue weighted by Crippen LogP contribution is 2.17. The number of hydrogen-bond donors (Lipinski definition) is 1. The Morgan fingerprint density at radius 1 is 1.29 bits per heavy atom. The first-order chi connectivity index (χ1) is 6.74. The molecule has 2 rings (SSSR count). The van der Waals surface area contributed by atoms with Gasteiger partial charge in [0.25, 0.3) is 0 Å². The second kappa shape index (κ2) is 3.38. The molecule has 1 N–H and O–H groups in total. The molecule has 3 nitrogen and oxygen atoms in total. The van der Waals surface area contributed by atoms with Gasteiger partial charge in [0.2, 0.25) is 0 Å². The van der Waals surface area contributed by atoms with E-state index in [2.05, 4.69) is 0 Å². The van der Waals surface area contributed by atoms with Gasteiger partial charge in [-0.05, 0) is 29.8 Å². The Labute approximate surface area is 80.9 Å². The molecule has 1 aromatic rings. The van der Waals surface area contributed by atoms with Gasteiger partial charge in [-0.15, -0.1) is 0 Å². The number of carbonyl (C=O) groups is 1. The molecule has 0 aromatic heterocycles. The van der Waals surface area contributed by atoms with Gasteiger partial charge in [-0.1, -0.05) is 12.1 Å². The molecule has 14 heavy (non-hydrogen) atoms. The first kappa shape index (κ1) is 8.56. The lowest BCUT2D eigenvalue weighted by molar-refractivity contribution is -0.132. The number of phenolic OH excluding ortho intramolecular Hbond substituents is 1. The first-order valence-corrected chi connectivity index (χ1v) is 4.15. The molecule has 0 radical (unpaired) electrons. The summed E-state index contributed by atoms with van der Waals surface area (Å²) in [7, 11) is 0. The van der Waals surface area contributed by atoms with Crippen molar-refractivity contribution in [3.05, 3.63) is 47.7 Å². The average molecular weight is 188 g/mol. The quantitative estimate of drug-likeness (QED) is 0.684. The highest BCUT2D eigenvalue weighted by atomic mass is 16.5. The van der Waals surface area contributed by atoms with Crippen LogP contribution < -0.4 is 0 Å². The zero-order chi connectivity index (χ0) is 9.97. The smallest absolute Gasteiger partial charge is 0.336 e. The van der Waals surface area contributed by atoms with E-state index < -0.39 is 0 Å². The molecule has 70 valence electrons. The van der Waals surface area contributed by atoms with E-state index in [-0.39, 0.29) is 11.7 Å². The summed E-state index contributed by atoms with van der Waals surface area (Å²) in [6, 6.07) is 6.71. The highest BCUT2D eigenvalue weighted by Gasteiger charge is 2.08. The number of benzene rings is 1. The standard InChI is InChI=1S/C11H8O3/c12-9-3-1-2-8(6-9)7-10-4-5-11(13)14-10/h1-7,12H/b10-7-. The summed E-state index contributed by atoms with van der Waals surface area (Å²) in [6.07, 6.45) is 4.63. The van der Waals surface area contributed by atoms with Gasteiger partial charge in [-0.3, -0.25) is 0 Å².